The number of carbonyl (C=O) groups is 2. The van der Waals surface area contributed by atoms with Gasteiger partial charge in [0.2, 0.25) is 5.91 Å². The third-order valence-corrected chi connectivity index (χ3v) is 3.68. The highest BCUT2D eigenvalue weighted by Crippen LogP contribution is 2.15. The van der Waals surface area contributed by atoms with E-state index in [0.29, 0.717) is 20.7 Å². The average molecular weight is 417 g/mol. The number of rotatable bonds is 4. The molecule has 6 nitrogen and oxygen atoms in total. The summed E-state index contributed by atoms with van der Waals surface area (Å²) in [5.41, 5.74) is 0.342. The largest absolute Gasteiger partial charge is 0.360 e. The van der Waals surface area contributed by atoms with Crippen molar-refractivity contribution in [3.8, 4) is 0 Å². The van der Waals surface area contributed by atoms with Crippen LogP contribution in [-0.2, 0) is 4.79 Å². The van der Waals surface area contributed by atoms with Gasteiger partial charge in [-0.2, -0.15) is 0 Å². The molecule has 0 aliphatic carbocycles. The van der Waals surface area contributed by atoms with Gasteiger partial charge in [0.05, 0.1) is 12.1 Å². The molecule has 22 heavy (non-hydrogen) atoms. The van der Waals surface area contributed by atoms with Crippen LogP contribution in [0.3, 0.4) is 0 Å². The van der Waals surface area contributed by atoms with Gasteiger partial charge in [-0.15, -0.1) is 0 Å². The van der Waals surface area contributed by atoms with Crippen molar-refractivity contribution in [1.29, 1.82) is 0 Å². The Labute approximate surface area is 139 Å². The zero-order valence-electron chi connectivity index (χ0n) is 11.9. The van der Waals surface area contributed by atoms with Crippen LogP contribution in [0.5, 0.6) is 0 Å². The molecule has 0 aliphatic heterocycles. The average Bonchev–Trinajstić information content (AvgIpc) is 2.83. The fourth-order valence-corrected chi connectivity index (χ4v) is 2.47. The highest BCUT2D eigenvalue weighted by Gasteiger charge is 2.18. The fraction of sp³-hybridized carbons (Fsp3) is 0.214. The Balaban J connectivity index is 2.00. The van der Waals surface area contributed by atoms with Gasteiger partial charge in [0.15, 0.2) is 5.82 Å². The molecule has 0 spiro atoms. The van der Waals surface area contributed by atoms with Crippen molar-refractivity contribution >= 4 is 40.2 Å². The second-order valence-electron chi connectivity index (χ2n) is 4.66. The molecule has 2 rings (SSSR count). The molecule has 1 aromatic carbocycles. The molecular formula is C14H13FIN3O3. The van der Waals surface area contributed by atoms with Crippen molar-refractivity contribution < 1.29 is 18.5 Å². The molecule has 1 aromatic heterocycles. The van der Waals surface area contributed by atoms with E-state index in [1.807, 2.05) is 22.6 Å². The van der Waals surface area contributed by atoms with Crippen molar-refractivity contribution in [3.63, 3.8) is 0 Å². The SMILES string of the molecule is Cc1cc(NC(=O)CN(C)C(=O)c2ccc(F)cc2I)no1. The quantitative estimate of drug-likeness (QED) is 0.776. The van der Waals surface area contributed by atoms with Gasteiger partial charge in [0, 0.05) is 16.7 Å². The summed E-state index contributed by atoms with van der Waals surface area (Å²) in [6, 6.07) is 5.44. The zero-order valence-corrected chi connectivity index (χ0v) is 14.0. The Morgan fingerprint density at radius 3 is 2.73 bits per heavy atom. The number of anilines is 1. The molecule has 0 fully saturated rings. The van der Waals surface area contributed by atoms with Gasteiger partial charge >= 0.3 is 0 Å². The molecule has 0 bridgehead atoms. The second-order valence-corrected chi connectivity index (χ2v) is 5.82. The van der Waals surface area contributed by atoms with E-state index >= 15 is 0 Å². The summed E-state index contributed by atoms with van der Waals surface area (Å²) in [5, 5.41) is 6.16. The number of aromatic nitrogens is 1. The van der Waals surface area contributed by atoms with Crippen LogP contribution >= 0.6 is 22.6 Å². The number of halogens is 2. The first-order valence-electron chi connectivity index (χ1n) is 6.30. The lowest BCUT2D eigenvalue weighted by atomic mass is 10.2. The molecule has 0 atom stereocenters. The molecule has 2 amide bonds. The molecular weight excluding hydrogens is 404 g/mol. The molecule has 116 valence electrons. The molecule has 1 N–H and O–H groups in total. The van der Waals surface area contributed by atoms with Crippen molar-refractivity contribution in [2.24, 2.45) is 0 Å². The van der Waals surface area contributed by atoms with Gasteiger partial charge in [-0.25, -0.2) is 4.39 Å². The second kappa shape index (κ2) is 6.86. The maximum atomic E-state index is 13.1. The summed E-state index contributed by atoms with van der Waals surface area (Å²) in [7, 11) is 1.50. The third-order valence-electron chi connectivity index (χ3n) is 2.78. The van der Waals surface area contributed by atoms with E-state index in [1.54, 1.807) is 13.0 Å². The number of benzene rings is 1. The minimum absolute atomic E-state index is 0.155. The summed E-state index contributed by atoms with van der Waals surface area (Å²) in [6.07, 6.45) is 0. The van der Waals surface area contributed by atoms with Crippen molar-refractivity contribution in [2.45, 2.75) is 6.92 Å². The summed E-state index contributed by atoms with van der Waals surface area (Å²) >= 11 is 1.88. The highest BCUT2D eigenvalue weighted by molar-refractivity contribution is 14.1. The number of carbonyl (C=O) groups excluding carboxylic acids is 2. The van der Waals surface area contributed by atoms with Crippen molar-refractivity contribution in [2.75, 3.05) is 18.9 Å². The number of likely N-dealkylation sites (N-methyl/N-ethyl adjacent to an activating group) is 1. The fourth-order valence-electron chi connectivity index (χ4n) is 1.76. The summed E-state index contributed by atoms with van der Waals surface area (Å²) in [6.45, 7) is 1.55. The maximum absolute atomic E-state index is 13.1. The highest BCUT2D eigenvalue weighted by atomic mass is 127. The molecule has 0 radical (unpaired) electrons. The van der Waals surface area contributed by atoms with Gasteiger partial charge in [-0.05, 0) is 47.7 Å². The van der Waals surface area contributed by atoms with Gasteiger partial charge in [-0.3, -0.25) is 9.59 Å². The predicted molar refractivity (Wildman–Crippen MR) is 85.9 cm³/mol. The van der Waals surface area contributed by atoms with Crippen LogP contribution in [-0.4, -0.2) is 35.5 Å². The Bertz CT molecular complexity index is 717. The van der Waals surface area contributed by atoms with Crippen LogP contribution in [0.4, 0.5) is 10.2 Å². The van der Waals surface area contributed by atoms with Gasteiger partial charge in [-0.1, -0.05) is 5.16 Å². The molecule has 0 saturated carbocycles. The van der Waals surface area contributed by atoms with Crippen molar-refractivity contribution in [3.05, 3.63) is 45.0 Å². The molecule has 0 unspecified atom stereocenters. The molecule has 1 heterocycles. The Morgan fingerprint density at radius 2 is 2.14 bits per heavy atom. The number of nitrogens with one attached hydrogen (secondary N) is 1. The first kappa shape index (κ1) is 16.4. The normalized spacial score (nSPS) is 10.4. The first-order valence-corrected chi connectivity index (χ1v) is 7.38. The van der Waals surface area contributed by atoms with Gasteiger partial charge in [0.1, 0.15) is 11.6 Å². The van der Waals surface area contributed by atoms with E-state index in [-0.39, 0.29) is 12.5 Å². The monoisotopic (exact) mass is 417 g/mol. The van der Waals surface area contributed by atoms with E-state index < -0.39 is 11.7 Å². The van der Waals surface area contributed by atoms with Crippen molar-refractivity contribution in [1.82, 2.24) is 10.1 Å². The van der Waals surface area contributed by atoms with E-state index in [9.17, 15) is 14.0 Å². The topological polar surface area (TPSA) is 75.4 Å². The third kappa shape index (κ3) is 4.03. The van der Waals surface area contributed by atoms with Crippen LogP contribution in [0.15, 0.2) is 28.8 Å². The lowest BCUT2D eigenvalue weighted by Gasteiger charge is -2.17. The van der Waals surface area contributed by atoms with E-state index in [2.05, 4.69) is 10.5 Å². The van der Waals surface area contributed by atoms with E-state index in [0.717, 1.165) is 0 Å². The minimum atomic E-state index is -0.414. The van der Waals surface area contributed by atoms with Crippen LogP contribution in [0.2, 0.25) is 0 Å². The summed E-state index contributed by atoms with van der Waals surface area (Å²) in [5.74, 6) is -0.319. The van der Waals surface area contributed by atoms with E-state index in [4.69, 9.17) is 4.52 Å². The number of aryl methyl sites for hydroxylation is 1. The first-order chi connectivity index (χ1) is 10.4. The maximum Gasteiger partial charge on any atom is 0.255 e. The number of nitrogens with zero attached hydrogens (tertiary/aromatic N) is 2. The Hall–Kier alpha value is -1.97. The van der Waals surface area contributed by atoms with Gasteiger partial charge in [0.25, 0.3) is 5.91 Å². The number of hydrogen-bond acceptors (Lipinski definition) is 4. The summed E-state index contributed by atoms with van der Waals surface area (Å²) < 4.78 is 18.4. The minimum Gasteiger partial charge on any atom is -0.360 e. The van der Waals surface area contributed by atoms with Crippen LogP contribution in [0.1, 0.15) is 16.1 Å². The molecule has 8 heteroatoms. The van der Waals surface area contributed by atoms with Crippen LogP contribution in [0.25, 0.3) is 0 Å². The Morgan fingerprint density at radius 1 is 1.41 bits per heavy atom. The Kier molecular flexibility index (Phi) is 5.11. The standard InChI is InChI=1S/C14H13FIN3O3/c1-8-5-12(18-22-8)17-13(20)7-19(2)14(21)10-4-3-9(15)6-11(10)16/h3-6H,7H2,1-2H3,(H,17,18,20). The van der Waals surface area contributed by atoms with E-state index in [1.165, 1.54) is 30.1 Å². The predicted octanol–water partition coefficient (Wildman–Crippen LogP) is 2.44. The lowest BCUT2D eigenvalue weighted by Crippen LogP contribution is -2.35. The lowest BCUT2D eigenvalue weighted by molar-refractivity contribution is -0.116. The number of hydrogen-bond donors (Lipinski definition) is 1. The summed E-state index contributed by atoms with van der Waals surface area (Å²) in [4.78, 5) is 25.4. The molecule has 0 aliphatic rings. The molecule has 0 saturated heterocycles. The van der Waals surface area contributed by atoms with Crippen LogP contribution < -0.4 is 5.32 Å². The zero-order chi connectivity index (χ0) is 16.3. The smallest absolute Gasteiger partial charge is 0.255 e. The van der Waals surface area contributed by atoms with Crippen LogP contribution in [0, 0.1) is 16.3 Å². The van der Waals surface area contributed by atoms with Gasteiger partial charge < -0.3 is 14.7 Å². The molecule has 2 aromatic rings. The number of amides is 2.